The van der Waals surface area contributed by atoms with Crippen LogP contribution in [-0.2, 0) is 5.48 Å². The summed E-state index contributed by atoms with van der Waals surface area (Å²) >= 11 is 0. The third kappa shape index (κ3) is 11.0. The van der Waals surface area contributed by atoms with Crippen molar-refractivity contribution in [2.75, 3.05) is 0 Å². The molecule has 0 aliphatic carbocycles. The molecule has 0 aromatic heterocycles. The van der Waals surface area contributed by atoms with Crippen molar-refractivity contribution >= 4 is 23.1 Å². The Bertz CT molecular complexity index is 1040. The number of benzene rings is 4. The number of Topliss-reactive ketones (excluding diaryl/α,β-unsaturated/α-hetero) is 4. The van der Waals surface area contributed by atoms with Crippen LogP contribution in [0, 0.1) is 53.7 Å². The van der Waals surface area contributed by atoms with Gasteiger partial charge in [0.15, 0.2) is 0 Å². The molecular formula is C30H26NdO6+. The van der Waals surface area contributed by atoms with Crippen LogP contribution in [0.3, 0.4) is 0 Å². The third-order valence-electron chi connectivity index (χ3n) is 4.76. The zero-order valence-electron chi connectivity index (χ0n) is 19.9. The van der Waals surface area contributed by atoms with Crippen molar-refractivity contribution in [2.24, 2.45) is 0 Å². The molecule has 6 nitrogen and oxygen atoms in total. The Morgan fingerprint density at radius 2 is 0.541 bits per heavy atom. The normalized spacial score (nSPS) is 8.86. The zero-order chi connectivity index (χ0) is 24.2. The Hall–Kier alpha value is -3.43. The van der Waals surface area contributed by atoms with Crippen LogP contribution >= 0.6 is 0 Å². The molecule has 0 saturated carbocycles. The van der Waals surface area contributed by atoms with Crippen LogP contribution in [0.1, 0.15) is 41.4 Å². The van der Waals surface area contributed by atoms with E-state index in [1.54, 1.807) is 97.1 Å². The molecule has 4 rings (SSSR count). The minimum absolute atomic E-state index is 0. The van der Waals surface area contributed by atoms with Crippen LogP contribution < -0.4 is 0 Å². The summed E-state index contributed by atoms with van der Waals surface area (Å²) in [6.07, 6.45) is 2.26. The first-order valence-corrected chi connectivity index (χ1v) is 10.6. The molecule has 4 N–H and O–H groups in total. The quantitative estimate of drug-likeness (QED) is 0.120. The maximum absolute atomic E-state index is 11.8. The standard InChI is InChI=1S/2C15H11O2.Nd.2H2O/c2*16-14(12-7-3-1-4-8-12)11-15(17)13-9-5-2-6-10-13;;;/h2*1-11H;;2*1H2/q2*-1;+3;;. The summed E-state index contributed by atoms with van der Waals surface area (Å²) in [4.78, 5) is 47.0. The van der Waals surface area contributed by atoms with E-state index in [0.717, 1.165) is 12.8 Å². The van der Waals surface area contributed by atoms with Gasteiger partial charge in [-0.25, -0.2) is 0 Å². The molecule has 0 bridgehead atoms. The first kappa shape index (κ1) is 33.6. The van der Waals surface area contributed by atoms with E-state index in [-0.39, 0.29) is 74.9 Å². The predicted octanol–water partition coefficient (Wildman–Crippen LogP) is 4.81. The van der Waals surface area contributed by atoms with Crippen LogP contribution in [0.4, 0.5) is 0 Å². The zero-order valence-corrected chi connectivity index (χ0v) is 23.1. The fourth-order valence-electron chi connectivity index (χ4n) is 2.98. The van der Waals surface area contributed by atoms with Crippen LogP contribution in [0.2, 0.25) is 0 Å². The van der Waals surface area contributed by atoms with Gasteiger partial charge >= 0.3 is 40.8 Å². The minimum Gasteiger partial charge on any atom is -0.870 e. The van der Waals surface area contributed by atoms with Crippen LogP contribution in [0.5, 0.6) is 0 Å². The summed E-state index contributed by atoms with van der Waals surface area (Å²) < 4.78 is 0. The number of rotatable bonds is 8. The third-order valence-corrected chi connectivity index (χ3v) is 4.76. The molecule has 0 aliphatic rings. The van der Waals surface area contributed by atoms with Crippen LogP contribution in [-0.4, -0.2) is 28.6 Å². The van der Waals surface area contributed by atoms with Crippen molar-refractivity contribution in [3.8, 4) is 0 Å². The number of ketones is 4. The maximum atomic E-state index is 11.8. The first-order chi connectivity index (χ1) is 16.5. The minimum atomic E-state index is -0.264. The van der Waals surface area contributed by atoms with Gasteiger partial charge in [-0.15, -0.1) is 48.5 Å². The van der Waals surface area contributed by atoms with Crippen molar-refractivity contribution in [1.82, 2.24) is 0 Å². The van der Waals surface area contributed by atoms with Crippen molar-refractivity contribution in [3.63, 3.8) is 0 Å². The topological polar surface area (TPSA) is 131 Å². The van der Waals surface area contributed by atoms with E-state index in [2.05, 4.69) is 0 Å². The molecule has 7 heteroatoms. The molecule has 0 aliphatic heterocycles. The Morgan fingerprint density at radius 3 is 0.703 bits per heavy atom. The average molecular weight is 627 g/mol. The second kappa shape index (κ2) is 17.9. The summed E-state index contributed by atoms with van der Waals surface area (Å²) in [6, 6.07) is 35.0. The molecule has 0 amide bonds. The van der Waals surface area contributed by atoms with E-state index in [1.807, 2.05) is 24.3 Å². The molecule has 185 valence electrons. The smallest absolute Gasteiger partial charge is 0.870 e. The second-order valence-electron chi connectivity index (χ2n) is 7.21. The summed E-state index contributed by atoms with van der Waals surface area (Å²) in [5.41, 5.74) is 2.10. The molecule has 4 aromatic carbocycles. The van der Waals surface area contributed by atoms with Gasteiger partial charge in [-0.2, -0.15) is 0 Å². The monoisotopic (exact) mass is 624 g/mol. The van der Waals surface area contributed by atoms with Crippen molar-refractivity contribution in [1.29, 1.82) is 0 Å². The summed E-state index contributed by atoms with van der Waals surface area (Å²) in [5, 5.41) is 0. The Balaban J connectivity index is 0.000000648. The molecule has 0 atom stereocenters. The van der Waals surface area contributed by atoms with E-state index in [1.165, 1.54) is 0 Å². The molecule has 4 aromatic rings. The number of hydrogen-bond acceptors (Lipinski definition) is 5. The van der Waals surface area contributed by atoms with E-state index >= 15 is 0 Å². The number of hydrogen-bond donors (Lipinski definition) is 0. The van der Waals surface area contributed by atoms with Gasteiger partial charge in [0.1, 0.15) is 0 Å². The van der Waals surface area contributed by atoms with Gasteiger partial charge in [-0.05, 0) is 0 Å². The maximum Gasteiger partial charge on any atom is 3.00 e. The number of carbonyl (C=O) groups excluding carboxylic acids is 4. The number of carbonyl (C=O) groups is 4. The first-order valence-electron chi connectivity index (χ1n) is 10.6. The molecule has 0 fully saturated rings. The Kier molecular flexibility index (Phi) is 16.3. The second-order valence-corrected chi connectivity index (χ2v) is 7.21. The van der Waals surface area contributed by atoms with Gasteiger partial charge in [-0.3, -0.25) is 0 Å². The van der Waals surface area contributed by atoms with Gasteiger partial charge in [0.2, 0.25) is 0 Å². The molecule has 0 heterocycles. The van der Waals surface area contributed by atoms with Crippen LogP contribution in [0.25, 0.3) is 0 Å². The van der Waals surface area contributed by atoms with E-state index in [9.17, 15) is 19.2 Å². The average Bonchev–Trinajstić information content (AvgIpc) is 2.91. The van der Waals surface area contributed by atoms with Gasteiger partial charge in [0.05, 0.1) is 23.1 Å². The van der Waals surface area contributed by atoms with Gasteiger partial charge < -0.3 is 30.1 Å². The predicted molar refractivity (Wildman–Crippen MR) is 138 cm³/mol. The SMILES string of the molecule is O=C([CH-]C(=O)c1ccccc1)c1ccccc1.O=C([CH-]C(=O)c1ccccc1)c1ccccc1.[Nd+3].[OH-].[OH3+]. The Morgan fingerprint density at radius 1 is 0.378 bits per heavy atom. The van der Waals surface area contributed by atoms with E-state index < -0.39 is 0 Å². The van der Waals surface area contributed by atoms with E-state index in [0.29, 0.717) is 22.3 Å². The van der Waals surface area contributed by atoms with Gasteiger partial charge in [0.25, 0.3) is 0 Å². The fourth-order valence-corrected chi connectivity index (χ4v) is 2.98. The summed E-state index contributed by atoms with van der Waals surface area (Å²) in [5.74, 6) is -1.06. The molecule has 37 heavy (non-hydrogen) atoms. The molecule has 0 saturated heterocycles. The molecule has 0 unspecified atom stereocenters. The largest absolute Gasteiger partial charge is 3.00 e. The van der Waals surface area contributed by atoms with Crippen LogP contribution in [0.15, 0.2) is 121 Å². The molecular weight excluding hydrogens is 601 g/mol. The van der Waals surface area contributed by atoms with Gasteiger partial charge in [0, 0.05) is 0 Å². The molecule has 1 radical (unpaired) electrons. The summed E-state index contributed by atoms with van der Waals surface area (Å²) in [6.45, 7) is 0. The van der Waals surface area contributed by atoms with Crippen molar-refractivity contribution in [3.05, 3.63) is 156 Å². The Labute approximate surface area is 248 Å². The molecule has 0 spiro atoms. The fraction of sp³-hybridized carbons (Fsp3) is 0. The summed E-state index contributed by atoms with van der Waals surface area (Å²) in [7, 11) is 0. The van der Waals surface area contributed by atoms with E-state index in [4.69, 9.17) is 0 Å². The van der Waals surface area contributed by atoms with Crippen molar-refractivity contribution in [2.45, 2.75) is 0 Å². The van der Waals surface area contributed by atoms with Crippen molar-refractivity contribution < 1.29 is 71.0 Å². The van der Waals surface area contributed by atoms with Gasteiger partial charge in [-0.1, -0.05) is 108 Å².